The number of hydrogen-bond donors (Lipinski definition) is 2. The van der Waals surface area contributed by atoms with Crippen LogP contribution in [0.25, 0.3) is 0 Å². The van der Waals surface area contributed by atoms with Gasteiger partial charge in [0.2, 0.25) is 0 Å². The highest BCUT2D eigenvalue weighted by Crippen LogP contribution is 2.38. The van der Waals surface area contributed by atoms with E-state index in [0.29, 0.717) is 12.0 Å². The van der Waals surface area contributed by atoms with Gasteiger partial charge in [-0.25, -0.2) is 0 Å². The fraction of sp³-hybridized carbons (Fsp3) is 0.600. The highest BCUT2D eigenvalue weighted by molar-refractivity contribution is 7.10. The van der Waals surface area contributed by atoms with Gasteiger partial charge < -0.3 is 16.0 Å². The first-order valence-corrected chi connectivity index (χ1v) is 8.17. The number of nitrogens with one attached hydrogen (secondary N) is 1. The van der Waals surface area contributed by atoms with Gasteiger partial charge in [0, 0.05) is 17.0 Å². The molecular weight excluding hydrogens is 286 g/mol. The van der Waals surface area contributed by atoms with Crippen molar-refractivity contribution < 1.29 is 9.59 Å². The summed E-state index contributed by atoms with van der Waals surface area (Å²) in [6.45, 7) is 0. The van der Waals surface area contributed by atoms with Crippen molar-refractivity contribution in [3.05, 3.63) is 22.4 Å². The summed E-state index contributed by atoms with van der Waals surface area (Å²) in [6.07, 6.45) is 3.90. The fourth-order valence-electron chi connectivity index (χ4n) is 3.20. The Morgan fingerprint density at radius 2 is 2.00 bits per heavy atom. The molecule has 1 fully saturated rings. The highest BCUT2D eigenvalue weighted by atomic mass is 32.1. The first-order chi connectivity index (χ1) is 9.99. The van der Waals surface area contributed by atoms with Gasteiger partial charge in [0.25, 0.3) is 0 Å². The fourth-order valence-corrected chi connectivity index (χ4v) is 4.22. The minimum Gasteiger partial charge on any atom is -0.361 e. The summed E-state index contributed by atoms with van der Waals surface area (Å²) in [4.78, 5) is 25.8. The Kier molecular flexibility index (Phi) is 5.36. The SMILES string of the molecule is CN(C)C(c1cccs1)C1CCC(NC(=O)C(N)=O)CC1. The van der Waals surface area contributed by atoms with Crippen LogP contribution in [0.15, 0.2) is 17.5 Å². The quantitative estimate of drug-likeness (QED) is 0.828. The Morgan fingerprint density at radius 1 is 1.33 bits per heavy atom. The number of nitrogens with two attached hydrogens (primary N) is 1. The summed E-state index contributed by atoms with van der Waals surface area (Å²) >= 11 is 1.80. The monoisotopic (exact) mass is 309 g/mol. The van der Waals surface area contributed by atoms with Crippen molar-refractivity contribution in [2.75, 3.05) is 14.1 Å². The molecule has 2 amide bonds. The van der Waals surface area contributed by atoms with Crippen LogP contribution in [0.1, 0.15) is 36.6 Å². The Hall–Kier alpha value is -1.40. The maximum atomic E-state index is 11.3. The summed E-state index contributed by atoms with van der Waals surface area (Å²) in [5, 5.41) is 4.83. The number of carbonyl (C=O) groups is 2. The summed E-state index contributed by atoms with van der Waals surface area (Å²) < 4.78 is 0. The molecule has 1 aliphatic carbocycles. The molecular formula is C15H23N3O2S. The molecule has 116 valence electrons. The van der Waals surface area contributed by atoms with Crippen LogP contribution >= 0.6 is 11.3 Å². The zero-order valence-corrected chi connectivity index (χ0v) is 13.4. The maximum absolute atomic E-state index is 11.3. The minimum atomic E-state index is -0.901. The number of primary amides is 1. The van der Waals surface area contributed by atoms with E-state index in [4.69, 9.17) is 5.73 Å². The molecule has 0 spiro atoms. The van der Waals surface area contributed by atoms with Crippen LogP contribution in [0.5, 0.6) is 0 Å². The second kappa shape index (κ2) is 7.04. The molecule has 6 heteroatoms. The van der Waals surface area contributed by atoms with Gasteiger partial charge in [-0.05, 0) is 57.1 Å². The molecule has 2 rings (SSSR count). The van der Waals surface area contributed by atoms with Gasteiger partial charge >= 0.3 is 11.8 Å². The van der Waals surface area contributed by atoms with Crippen molar-refractivity contribution in [1.29, 1.82) is 0 Å². The van der Waals surface area contributed by atoms with E-state index in [1.807, 2.05) is 0 Å². The highest BCUT2D eigenvalue weighted by Gasteiger charge is 2.31. The third-order valence-electron chi connectivity index (χ3n) is 4.17. The second-order valence-corrected chi connectivity index (χ2v) is 6.85. The van der Waals surface area contributed by atoms with Crippen LogP contribution in [0.2, 0.25) is 0 Å². The number of hydrogen-bond acceptors (Lipinski definition) is 4. The van der Waals surface area contributed by atoms with Gasteiger partial charge in [0.1, 0.15) is 0 Å². The average molecular weight is 309 g/mol. The third-order valence-corrected chi connectivity index (χ3v) is 5.11. The number of nitrogens with zero attached hydrogens (tertiary/aromatic N) is 1. The topological polar surface area (TPSA) is 75.4 Å². The zero-order valence-electron chi connectivity index (χ0n) is 12.5. The van der Waals surface area contributed by atoms with E-state index in [-0.39, 0.29) is 6.04 Å². The number of rotatable bonds is 4. The van der Waals surface area contributed by atoms with Gasteiger partial charge in [-0.1, -0.05) is 6.07 Å². The van der Waals surface area contributed by atoms with E-state index in [1.54, 1.807) is 11.3 Å². The Bertz CT molecular complexity index is 479. The molecule has 1 atom stereocenters. The zero-order chi connectivity index (χ0) is 15.4. The van der Waals surface area contributed by atoms with Gasteiger partial charge in [0.15, 0.2) is 0 Å². The predicted octanol–water partition coefficient (Wildman–Crippen LogP) is 1.51. The van der Waals surface area contributed by atoms with Crippen molar-refractivity contribution in [2.45, 2.75) is 37.8 Å². The Labute approximate surface area is 129 Å². The molecule has 0 aromatic carbocycles. The number of carbonyl (C=O) groups excluding carboxylic acids is 2. The third kappa shape index (κ3) is 4.04. The second-order valence-electron chi connectivity index (χ2n) is 5.87. The number of amides is 2. The molecule has 1 aromatic rings. The van der Waals surface area contributed by atoms with E-state index in [2.05, 4.69) is 41.8 Å². The largest absolute Gasteiger partial charge is 0.361 e. The van der Waals surface area contributed by atoms with Crippen LogP contribution in [-0.4, -0.2) is 36.9 Å². The summed E-state index contributed by atoms with van der Waals surface area (Å²) in [6, 6.07) is 4.79. The molecule has 21 heavy (non-hydrogen) atoms. The summed E-state index contributed by atoms with van der Waals surface area (Å²) in [5.74, 6) is -0.983. The van der Waals surface area contributed by atoms with E-state index < -0.39 is 11.8 Å². The van der Waals surface area contributed by atoms with Crippen LogP contribution in [0.3, 0.4) is 0 Å². The molecule has 0 radical (unpaired) electrons. The molecule has 5 nitrogen and oxygen atoms in total. The van der Waals surface area contributed by atoms with E-state index in [0.717, 1.165) is 25.7 Å². The van der Waals surface area contributed by atoms with E-state index >= 15 is 0 Å². The average Bonchev–Trinajstić information content (AvgIpc) is 2.94. The van der Waals surface area contributed by atoms with Crippen LogP contribution in [-0.2, 0) is 9.59 Å². The van der Waals surface area contributed by atoms with Crippen molar-refractivity contribution in [1.82, 2.24) is 10.2 Å². The first-order valence-electron chi connectivity index (χ1n) is 7.29. The summed E-state index contributed by atoms with van der Waals surface area (Å²) in [5.41, 5.74) is 4.98. The van der Waals surface area contributed by atoms with Crippen molar-refractivity contribution in [3.63, 3.8) is 0 Å². The van der Waals surface area contributed by atoms with Gasteiger partial charge in [-0.15, -0.1) is 11.3 Å². The summed E-state index contributed by atoms with van der Waals surface area (Å²) in [7, 11) is 4.23. The van der Waals surface area contributed by atoms with Crippen LogP contribution < -0.4 is 11.1 Å². The minimum absolute atomic E-state index is 0.0763. The van der Waals surface area contributed by atoms with Crippen LogP contribution in [0, 0.1) is 5.92 Å². The number of thiophene rings is 1. The Morgan fingerprint density at radius 3 is 2.48 bits per heavy atom. The lowest BCUT2D eigenvalue weighted by molar-refractivity contribution is -0.137. The van der Waals surface area contributed by atoms with Crippen LogP contribution in [0.4, 0.5) is 0 Å². The van der Waals surface area contributed by atoms with Crippen molar-refractivity contribution >= 4 is 23.2 Å². The van der Waals surface area contributed by atoms with Gasteiger partial charge in [-0.3, -0.25) is 9.59 Å². The van der Waals surface area contributed by atoms with E-state index in [9.17, 15) is 9.59 Å². The smallest absolute Gasteiger partial charge is 0.309 e. The standard InChI is InChI=1S/C15H23N3O2S/c1-18(2)13(12-4-3-9-21-12)10-5-7-11(8-6-10)17-15(20)14(16)19/h3-4,9-11,13H,5-8H2,1-2H3,(H2,16,19)(H,17,20). The molecule has 1 heterocycles. The lowest BCUT2D eigenvalue weighted by Crippen LogP contribution is -2.44. The maximum Gasteiger partial charge on any atom is 0.309 e. The van der Waals surface area contributed by atoms with Gasteiger partial charge in [0.05, 0.1) is 0 Å². The van der Waals surface area contributed by atoms with Crippen molar-refractivity contribution in [2.24, 2.45) is 11.7 Å². The lowest BCUT2D eigenvalue weighted by Gasteiger charge is -2.36. The molecule has 0 aliphatic heterocycles. The normalized spacial score (nSPS) is 23.8. The van der Waals surface area contributed by atoms with E-state index in [1.165, 1.54) is 4.88 Å². The molecule has 0 saturated heterocycles. The Balaban J connectivity index is 1.93. The molecule has 1 aliphatic rings. The van der Waals surface area contributed by atoms with Gasteiger partial charge in [-0.2, -0.15) is 0 Å². The molecule has 1 saturated carbocycles. The molecule has 3 N–H and O–H groups in total. The molecule has 1 unspecified atom stereocenters. The lowest BCUT2D eigenvalue weighted by atomic mass is 9.80. The molecule has 1 aromatic heterocycles. The molecule has 0 bridgehead atoms. The predicted molar refractivity (Wildman–Crippen MR) is 83.8 cm³/mol. The van der Waals surface area contributed by atoms with Crippen molar-refractivity contribution in [3.8, 4) is 0 Å². The first kappa shape index (κ1) is 16.0.